The number of hydrogen-bond acceptors (Lipinski definition) is 4. The topological polar surface area (TPSA) is 89.3 Å². The second-order valence-corrected chi connectivity index (χ2v) is 7.38. The second-order valence-electron chi connectivity index (χ2n) is 3.95. The van der Waals surface area contributed by atoms with Crippen molar-refractivity contribution in [1.29, 1.82) is 0 Å². The van der Waals surface area contributed by atoms with E-state index in [1.54, 1.807) is 12.1 Å². The molecule has 0 saturated carbocycles. The predicted molar refractivity (Wildman–Crippen MR) is 85.7 cm³/mol. The fourth-order valence-corrected chi connectivity index (χ4v) is 4.18. The first-order valence-corrected chi connectivity index (χ1v) is 8.59. The quantitative estimate of drug-likeness (QED) is 0.582. The molecule has 110 valence electrons. The van der Waals surface area contributed by atoms with Gasteiger partial charge in [-0.2, -0.15) is 0 Å². The SMILES string of the molecule is O=[N+]([O-])c1ccccc1NS(=O)(=O)c1cc(Br)ccc1Br. The molecule has 2 aromatic rings. The molecule has 0 heterocycles. The van der Waals surface area contributed by atoms with Gasteiger partial charge in [-0.15, -0.1) is 0 Å². The Hall–Kier alpha value is -1.45. The minimum absolute atomic E-state index is 0.0185. The van der Waals surface area contributed by atoms with Gasteiger partial charge >= 0.3 is 0 Å². The summed E-state index contributed by atoms with van der Waals surface area (Å²) in [6.07, 6.45) is 0. The molecule has 0 aromatic heterocycles. The van der Waals surface area contributed by atoms with Crippen molar-refractivity contribution in [3.05, 3.63) is 61.5 Å². The Morgan fingerprint density at radius 3 is 2.43 bits per heavy atom. The van der Waals surface area contributed by atoms with Crippen molar-refractivity contribution in [2.45, 2.75) is 4.90 Å². The summed E-state index contributed by atoms with van der Waals surface area (Å²) in [6.45, 7) is 0. The first-order valence-electron chi connectivity index (χ1n) is 5.52. The average molecular weight is 436 g/mol. The lowest BCUT2D eigenvalue weighted by Crippen LogP contribution is -2.14. The number of nitrogens with zero attached hydrogens (tertiary/aromatic N) is 1. The molecule has 0 fully saturated rings. The molecule has 0 bridgehead atoms. The largest absolute Gasteiger partial charge is 0.293 e. The van der Waals surface area contributed by atoms with Crippen LogP contribution in [0.3, 0.4) is 0 Å². The maximum absolute atomic E-state index is 12.4. The zero-order valence-electron chi connectivity index (χ0n) is 10.3. The van der Waals surface area contributed by atoms with Crippen LogP contribution in [0.5, 0.6) is 0 Å². The summed E-state index contributed by atoms with van der Waals surface area (Å²) in [7, 11) is -3.95. The number of para-hydroxylation sites is 2. The summed E-state index contributed by atoms with van der Waals surface area (Å²) in [5, 5.41) is 10.9. The van der Waals surface area contributed by atoms with Gasteiger partial charge in [-0.1, -0.05) is 28.1 Å². The summed E-state index contributed by atoms with van der Waals surface area (Å²) in [5.41, 5.74) is -0.401. The molecule has 0 saturated heterocycles. The molecular weight excluding hydrogens is 428 g/mol. The van der Waals surface area contributed by atoms with E-state index in [1.165, 1.54) is 30.3 Å². The molecule has 1 N–H and O–H groups in total. The van der Waals surface area contributed by atoms with Crippen molar-refractivity contribution in [2.24, 2.45) is 0 Å². The molecule has 21 heavy (non-hydrogen) atoms. The number of rotatable bonds is 4. The van der Waals surface area contributed by atoms with Crippen LogP contribution in [0.15, 0.2) is 56.3 Å². The van der Waals surface area contributed by atoms with Gasteiger partial charge in [-0.05, 0) is 40.2 Å². The standard InChI is InChI=1S/C12H8Br2N2O4S/c13-8-5-6-9(14)12(7-8)21(19,20)15-10-3-1-2-4-11(10)16(17)18/h1-7,15H. The highest BCUT2D eigenvalue weighted by Crippen LogP contribution is 2.30. The van der Waals surface area contributed by atoms with Crippen LogP contribution in [-0.2, 0) is 10.0 Å². The molecule has 6 nitrogen and oxygen atoms in total. The second kappa shape index (κ2) is 6.12. The highest BCUT2D eigenvalue weighted by molar-refractivity contribution is 9.11. The molecule has 0 radical (unpaired) electrons. The number of nitro groups is 1. The number of anilines is 1. The predicted octanol–water partition coefficient (Wildman–Crippen LogP) is 3.92. The van der Waals surface area contributed by atoms with Gasteiger partial charge in [-0.3, -0.25) is 14.8 Å². The Bertz CT molecular complexity index is 809. The van der Waals surface area contributed by atoms with Gasteiger partial charge in [0.1, 0.15) is 10.6 Å². The molecule has 2 aromatic carbocycles. The first-order chi connectivity index (χ1) is 9.81. The van der Waals surface area contributed by atoms with Crippen molar-refractivity contribution < 1.29 is 13.3 Å². The molecule has 0 aliphatic heterocycles. The van der Waals surface area contributed by atoms with Crippen LogP contribution in [0, 0.1) is 10.1 Å². The fourth-order valence-electron chi connectivity index (χ4n) is 1.60. The van der Waals surface area contributed by atoms with Gasteiger partial charge in [0.05, 0.1) is 4.92 Å². The van der Waals surface area contributed by atoms with E-state index >= 15 is 0 Å². The highest BCUT2D eigenvalue weighted by atomic mass is 79.9. The van der Waals surface area contributed by atoms with Gasteiger partial charge in [0.25, 0.3) is 15.7 Å². The highest BCUT2D eigenvalue weighted by Gasteiger charge is 2.22. The maximum atomic E-state index is 12.4. The zero-order valence-corrected chi connectivity index (χ0v) is 14.3. The Kier molecular flexibility index (Phi) is 4.64. The Balaban J connectivity index is 2.48. The molecule has 2 rings (SSSR count). The third-order valence-corrected chi connectivity index (χ3v) is 5.38. The first kappa shape index (κ1) is 15.9. The summed E-state index contributed by atoms with van der Waals surface area (Å²) >= 11 is 6.34. The summed E-state index contributed by atoms with van der Waals surface area (Å²) in [6, 6.07) is 10.2. The maximum Gasteiger partial charge on any atom is 0.293 e. The molecule has 0 aliphatic rings. The lowest BCUT2D eigenvalue weighted by molar-refractivity contribution is -0.383. The van der Waals surface area contributed by atoms with Crippen molar-refractivity contribution in [3.63, 3.8) is 0 Å². The van der Waals surface area contributed by atoms with Crippen LogP contribution in [0.25, 0.3) is 0 Å². The molecular formula is C12H8Br2N2O4S. The van der Waals surface area contributed by atoms with Crippen LogP contribution in [-0.4, -0.2) is 13.3 Å². The van der Waals surface area contributed by atoms with E-state index in [-0.39, 0.29) is 16.3 Å². The van der Waals surface area contributed by atoms with Crippen molar-refractivity contribution in [3.8, 4) is 0 Å². The van der Waals surface area contributed by atoms with E-state index in [2.05, 4.69) is 36.6 Å². The van der Waals surface area contributed by atoms with Crippen molar-refractivity contribution in [1.82, 2.24) is 0 Å². The van der Waals surface area contributed by atoms with Crippen molar-refractivity contribution >= 4 is 53.3 Å². The monoisotopic (exact) mass is 434 g/mol. The third kappa shape index (κ3) is 3.60. The van der Waals surface area contributed by atoms with Gasteiger partial charge in [0.15, 0.2) is 0 Å². The number of nitro benzene ring substituents is 1. The lowest BCUT2D eigenvalue weighted by atomic mass is 10.3. The Labute approximate surface area is 137 Å². The van der Waals surface area contributed by atoms with Crippen LogP contribution in [0.4, 0.5) is 11.4 Å². The minimum Gasteiger partial charge on any atom is -0.273 e. The zero-order chi connectivity index (χ0) is 15.6. The van der Waals surface area contributed by atoms with Gasteiger partial charge in [0.2, 0.25) is 0 Å². The van der Waals surface area contributed by atoms with Crippen LogP contribution < -0.4 is 4.72 Å². The number of nitrogens with one attached hydrogen (secondary N) is 1. The number of benzene rings is 2. The molecule has 0 aliphatic carbocycles. The smallest absolute Gasteiger partial charge is 0.273 e. The Morgan fingerprint density at radius 2 is 1.76 bits per heavy atom. The summed E-state index contributed by atoms with van der Waals surface area (Å²) in [4.78, 5) is 10.3. The van der Waals surface area contributed by atoms with E-state index in [0.29, 0.717) is 8.95 Å². The summed E-state index contributed by atoms with van der Waals surface area (Å²) in [5.74, 6) is 0. The van der Waals surface area contributed by atoms with Gasteiger partial charge in [-0.25, -0.2) is 8.42 Å². The van der Waals surface area contributed by atoms with Crippen LogP contribution in [0.2, 0.25) is 0 Å². The van der Waals surface area contributed by atoms with E-state index in [4.69, 9.17) is 0 Å². The molecule has 0 spiro atoms. The number of halogens is 2. The van der Waals surface area contributed by atoms with E-state index in [1.807, 2.05) is 0 Å². The molecule has 0 amide bonds. The van der Waals surface area contributed by atoms with E-state index in [9.17, 15) is 18.5 Å². The normalized spacial score (nSPS) is 11.1. The van der Waals surface area contributed by atoms with E-state index in [0.717, 1.165) is 0 Å². The van der Waals surface area contributed by atoms with Crippen LogP contribution >= 0.6 is 31.9 Å². The van der Waals surface area contributed by atoms with Gasteiger partial charge in [0, 0.05) is 15.0 Å². The molecule has 9 heteroatoms. The van der Waals surface area contributed by atoms with Gasteiger partial charge < -0.3 is 0 Å². The van der Waals surface area contributed by atoms with Crippen molar-refractivity contribution in [2.75, 3.05) is 4.72 Å². The molecule has 0 unspecified atom stereocenters. The van der Waals surface area contributed by atoms with E-state index < -0.39 is 14.9 Å². The number of sulfonamides is 1. The lowest BCUT2D eigenvalue weighted by Gasteiger charge is -2.10. The molecule has 0 atom stereocenters. The third-order valence-electron chi connectivity index (χ3n) is 2.53. The number of hydrogen-bond donors (Lipinski definition) is 1. The Morgan fingerprint density at radius 1 is 1.10 bits per heavy atom. The average Bonchev–Trinajstić information content (AvgIpc) is 2.41. The minimum atomic E-state index is -3.95. The van der Waals surface area contributed by atoms with Crippen LogP contribution in [0.1, 0.15) is 0 Å². The fraction of sp³-hybridized carbons (Fsp3) is 0. The summed E-state index contributed by atoms with van der Waals surface area (Å²) < 4.78 is 27.9.